The van der Waals surface area contributed by atoms with Crippen LogP contribution in [0.25, 0.3) is 0 Å². The molecule has 0 radical (unpaired) electrons. The number of nitrogens with zero attached hydrogens (tertiary/aromatic N) is 1. The van der Waals surface area contributed by atoms with Crippen LogP contribution in [0.15, 0.2) is 12.7 Å². The lowest BCUT2D eigenvalue weighted by Gasteiger charge is -2.39. The number of rotatable bonds is 19. The molecule has 0 rings (SSSR count). The molecule has 0 bridgehead atoms. The van der Waals surface area contributed by atoms with Gasteiger partial charge in [-0.3, -0.25) is 0 Å². The Kier molecular flexibility index (Phi) is 17.0. The Bertz CT molecular complexity index is 310. The summed E-state index contributed by atoms with van der Waals surface area (Å²) in [5, 5.41) is 0. The second-order valence-corrected chi connectivity index (χ2v) is 7.79. The Labute approximate surface area is 163 Å². The summed E-state index contributed by atoms with van der Waals surface area (Å²) in [4.78, 5) is 11.4. The fraction of sp³-hybridized carbons (Fsp3) is 0.870. The van der Waals surface area contributed by atoms with Crippen LogP contribution in [-0.2, 0) is 9.53 Å². The monoisotopic (exact) mass is 368 g/mol. The van der Waals surface area contributed by atoms with Crippen LogP contribution in [0, 0.1) is 0 Å². The molecule has 0 aliphatic rings. The summed E-state index contributed by atoms with van der Waals surface area (Å²) in [6.45, 7) is 15.5. The third kappa shape index (κ3) is 13.4. The van der Waals surface area contributed by atoms with Gasteiger partial charge >= 0.3 is 5.97 Å². The van der Waals surface area contributed by atoms with Crippen LogP contribution in [0.3, 0.4) is 0 Å². The van der Waals surface area contributed by atoms with E-state index in [1.165, 1.54) is 103 Å². The molecule has 0 spiro atoms. The van der Waals surface area contributed by atoms with Crippen LogP contribution in [0.1, 0.15) is 97.8 Å². The van der Waals surface area contributed by atoms with Gasteiger partial charge in [-0.15, -0.1) is 0 Å². The van der Waals surface area contributed by atoms with Gasteiger partial charge in [0.15, 0.2) is 0 Å². The van der Waals surface area contributed by atoms with Crippen LogP contribution >= 0.6 is 0 Å². The van der Waals surface area contributed by atoms with Crippen molar-refractivity contribution in [2.24, 2.45) is 0 Å². The van der Waals surface area contributed by atoms with E-state index in [0.717, 1.165) is 11.0 Å². The molecule has 0 aromatic carbocycles. The van der Waals surface area contributed by atoms with Crippen molar-refractivity contribution < 1.29 is 14.0 Å². The highest BCUT2D eigenvalue weighted by Gasteiger charge is 2.26. The van der Waals surface area contributed by atoms with Gasteiger partial charge < -0.3 is 9.22 Å². The first-order valence-electron chi connectivity index (χ1n) is 11.3. The summed E-state index contributed by atoms with van der Waals surface area (Å²) in [5.74, 6) is -0.286. The molecule has 0 aliphatic carbocycles. The summed E-state index contributed by atoms with van der Waals surface area (Å²) in [6.07, 6.45) is 17.0. The van der Waals surface area contributed by atoms with Crippen LogP contribution < -0.4 is 0 Å². The lowest BCUT2D eigenvalue weighted by atomic mass is 10.1. The molecule has 0 saturated carbocycles. The summed E-state index contributed by atoms with van der Waals surface area (Å²) in [7, 11) is 0. The topological polar surface area (TPSA) is 26.3 Å². The van der Waals surface area contributed by atoms with Crippen molar-refractivity contribution in [3.05, 3.63) is 12.7 Å². The van der Waals surface area contributed by atoms with Crippen LogP contribution in [0.2, 0.25) is 0 Å². The zero-order chi connectivity index (χ0) is 19.5. The minimum atomic E-state index is -0.286. The molecule has 0 heterocycles. The summed E-state index contributed by atoms with van der Waals surface area (Å²) >= 11 is 0. The first-order valence-corrected chi connectivity index (χ1v) is 11.3. The lowest BCUT2D eigenvalue weighted by molar-refractivity contribution is -0.929. The average molecular weight is 369 g/mol. The van der Waals surface area contributed by atoms with Crippen molar-refractivity contribution in [2.45, 2.75) is 97.8 Å². The molecule has 3 heteroatoms. The zero-order valence-electron chi connectivity index (χ0n) is 18.1. The second kappa shape index (κ2) is 17.6. The first kappa shape index (κ1) is 25.2. The zero-order valence-corrected chi connectivity index (χ0v) is 18.1. The van der Waals surface area contributed by atoms with Crippen LogP contribution in [0.4, 0.5) is 0 Å². The SMILES string of the molecule is C=CC(=O)OCC[N+](CCCCCC)(CCCCCC)CCCCCC. The molecule has 0 aromatic rings. The number of ether oxygens (including phenoxy) is 1. The van der Waals surface area contributed by atoms with Crippen molar-refractivity contribution >= 4 is 5.97 Å². The van der Waals surface area contributed by atoms with Gasteiger partial charge in [-0.25, -0.2) is 4.79 Å². The predicted octanol–water partition coefficient (Wildman–Crippen LogP) is 6.27. The molecular formula is C23H46NO2+. The second-order valence-electron chi connectivity index (χ2n) is 7.79. The van der Waals surface area contributed by atoms with E-state index in [4.69, 9.17) is 4.74 Å². The maximum atomic E-state index is 11.4. The Morgan fingerprint density at radius 1 is 0.731 bits per heavy atom. The van der Waals surface area contributed by atoms with E-state index in [9.17, 15) is 4.79 Å². The molecule has 0 unspecified atom stereocenters. The lowest BCUT2D eigenvalue weighted by Crippen LogP contribution is -2.52. The highest BCUT2D eigenvalue weighted by atomic mass is 16.5. The number of hydrogen-bond acceptors (Lipinski definition) is 2. The fourth-order valence-corrected chi connectivity index (χ4v) is 3.69. The normalized spacial score (nSPS) is 11.5. The third-order valence-electron chi connectivity index (χ3n) is 5.43. The van der Waals surface area contributed by atoms with Gasteiger partial charge in [-0.2, -0.15) is 0 Å². The van der Waals surface area contributed by atoms with Gasteiger partial charge in [0, 0.05) is 6.08 Å². The molecule has 0 aromatic heterocycles. The van der Waals surface area contributed by atoms with Crippen molar-refractivity contribution in [1.82, 2.24) is 0 Å². The number of carbonyl (C=O) groups is 1. The van der Waals surface area contributed by atoms with E-state index in [1.807, 2.05) is 0 Å². The van der Waals surface area contributed by atoms with Crippen molar-refractivity contribution in [1.29, 1.82) is 0 Å². The van der Waals surface area contributed by atoms with Gasteiger partial charge in [0.25, 0.3) is 0 Å². The maximum absolute atomic E-state index is 11.4. The Balaban J connectivity index is 4.78. The number of hydrogen-bond donors (Lipinski definition) is 0. The van der Waals surface area contributed by atoms with Gasteiger partial charge in [-0.05, 0) is 38.5 Å². The quantitative estimate of drug-likeness (QED) is 0.116. The number of quaternary nitrogens is 1. The highest BCUT2D eigenvalue weighted by Crippen LogP contribution is 2.17. The molecule has 26 heavy (non-hydrogen) atoms. The first-order chi connectivity index (χ1) is 12.6. The maximum Gasteiger partial charge on any atom is 0.330 e. The average Bonchev–Trinajstić information content (AvgIpc) is 2.65. The van der Waals surface area contributed by atoms with E-state index < -0.39 is 0 Å². The van der Waals surface area contributed by atoms with E-state index in [1.54, 1.807) is 0 Å². The van der Waals surface area contributed by atoms with Crippen LogP contribution in [0.5, 0.6) is 0 Å². The summed E-state index contributed by atoms with van der Waals surface area (Å²) in [5.41, 5.74) is 0. The van der Waals surface area contributed by atoms with E-state index in [-0.39, 0.29) is 5.97 Å². The summed E-state index contributed by atoms with van der Waals surface area (Å²) in [6, 6.07) is 0. The van der Waals surface area contributed by atoms with Gasteiger partial charge in [0.2, 0.25) is 0 Å². The van der Waals surface area contributed by atoms with E-state index in [0.29, 0.717) is 6.61 Å². The number of unbranched alkanes of at least 4 members (excludes halogenated alkanes) is 9. The molecule has 0 fully saturated rings. The highest BCUT2D eigenvalue weighted by molar-refractivity contribution is 5.81. The minimum absolute atomic E-state index is 0.286. The predicted molar refractivity (Wildman–Crippen MR) is 113 cm³/mol. The molecule has 0 N–H and O–H groups in total. The molecule has 0 aliphatic heterocycles. The largest absolute Gasteiger partial charge is 0.457 e. The number of carbonyl (C=O) groups excluding carboxylic acids is 1. The third-order valence-corrected chi connectivity index (χ3v) is 5.43. The molecule has 3 nitrogen and oxygen atoms in total. The van der Waals surface area contributed by atoms with Gasteiger partial charge in [-0.1, -0.05) is 65.9 Å². The van der Waals surface area contributed by atoms with E-state index >= 15 is 0 Å². The van der Waals surface area contributed by atoms with Crippen molar-refractivity contribution in [3.63, 3.8) is 0 Å². The Morgan fingerprint density at radius 3 is 1.50 bits per heavy atom. The van der Waals surface area contributed by atoms with Crippen LogP contribution in [-0.4, -0.2) is 43.2 Å². The fourth-order valence-electron chi connectivity index (χ4n) is 3.69. The molecule has 0 amide bonds. The summed E-state index contributed by atoms with van der Waals surface area (Å²) < 4.78 is 6.50. The van der Waals surface area contributed by atoms with Gasteiger partial charge in [0.05, 0.1) is 19.6 Å². The van der Waals surface area contributed by atoms with E-state index in [2.05, 4.69) is 27.4 Å². The molecule has 0 saturated heterocycles. The Morgan fingerprint density at radius 2 is 1.15 bits per heavy atom. The van der Waals surface area contributed by atoms with Gasteiger partial charge in [0.1, 0.15) is 13.2 Å². The number of esters is 1. The molecule has 154 valence electrons. The molecular weight excluding hydrogens is 322 g/mol. The van der Waals surface area contributed by atoms with Crippen molar-refractivity contribution in [3.8, 4) is 0 Å². The van der Waals surface area contributed by atoms with Crippen molar-refractivity contribution in [2.75, 3.05) is 32.8 Å². The molecule has 0 atom stereocenters. The standard InChI is InChI=1S/C23H46NO2/c1-5-9-12-15-18-24(19-16-13-10-6-2,20-17-14-11-7-3)21-22-26-23(25)8-4/h8H,4-7,9-22H2,1-3H3/q+1. The Hall–Kier alpha value is -0.830. The minimum Gasteiger partial charge on any atom is -0.457 e. The smallest absolute Gasteiger partial charge is 0.330 e.